The van der Waals surface area contributed by atoms with Gasteiger partial charge in [0.1, 0.15) is 0 Å². The molecule has 0 radical (unpaired) electrons. The maximum atomic E-state index is 4.04. The number of allylic oxidation sites excluding steroid dienone is 10. The number of fused-ring (bicyclic) bond motifs is 6. The summed E-state index contributed by atoms with van der Waals surface area (Å²) < 4.78 is 0. The molecule has 0 spiro atoms. The fourth-order valence-electron chi connectivity index (χ4n) is 7.52. The largest absolute Gasteiger partial charge is 0.362 e. The molecular formula is C53H41N. The number of hydrogen-bond acceptors (Lipinski definition) is 1. The van der Waals surface area contributed by atoms with Crippen LogP contribution in [0.3, 0.4) is 0 Å². The predicted molar refractivity (Wildman–Crippen MR) is 237 cm³/mol. The Balaban J connectivity index is 1.14. The Morgan fingerprint density at radius 3 is 1.78 bits per heavy atom. The topological polar surface area (TPSA) is 12.0 Å². The molecule has 0 saturated heterocycles. The van der Waals surface area contributed by atoms with E-state index in [0.29, 0.717) is 0 Å². The van der Waals surface area contributed by atoms with Crippen LogP contribution in [0.25, 0.3) is 65.4 Å². The highest BCUT2D eigenvalue weighted by Crippen LogP contribution is 2.36. The van der Waals surface area contributed by atoms with Crippen LogP contribution in [0, 0.1) is 0 Å². The van der Waals surface area contributed by atoms with Crippen molar-refractivity contribution in [2.45, 2.75) is 6.92 Å². The summed E-state index contributed by atoms with van der Waals surface area (Å²) in [7, 11) is 0. The number of nitrogens with one attached hydrogen (secondary N) is 1. The Hall–Kier alpha value is -6.96. The number of rotatable bonds is 10. The molecule has 1 nitrogen and oxygen atoms in total. The van der Waals surface area contributed by atoms with Crippen molar-refractivity contribution in [3.8, 4) is 11.1 Å². The van der Waals surface area contributed by atoms with Gasteiger partial charge in [-0.25, -0.2) is 0 Å². The molecule has 0 aliphatic heterocycles. The van der Waals surface area contributed by atoms with Gasteiger partial charge in [-0.3, -0.25) is 0 Å². The van der Waals surface area contributed by atoms with Crippen molar-refractivity contribution in [3.05, 3.63) is 236 Å². The van der Waals surface area contributed by atoms with E-state index in [1.807, 2.05) is 12.3 Å². The van der Waals surface area contributed by atoms with E-state index < -0.39 is 0 Å². The predicted octanol–water partition coefficient (Wildman–Crippen LogP) is 14.7. The van der Waals surface area contributed by atoms with Gasteiger partial charge in [0.05, 0.1) is 0 Å². The second kappa shape index (κ2) is 15.7. The van der Waals surface area contributed by atoms with Gasteiger partial charge in [-0.15, -0.1) is 0 Å². The minimum Gasteiger partial charge on any atom is -0.362 e. The van der Waals surface area contributed by atoms with Crippen LogP contribution < -0.4 is 5.32 Å². The van der Waals surface area contributed by atoms with E-state index in [1.165, 1.54) is 65.3 Å². The minimum atomic E-state index is 1.03. The summed E-state index contributed by atoms with van der Waals surface area (Å²) in [4.78, 5) is 0. The molecule has 0 unspecified atom stereocenters. The average molecular weight is 692 g/mol. The lowest BCUT2D eigenvalue weighted by Gasteiger charge is -2.13. The molecule has 8 aromatic carbocycles. The van der Waals surface area contributed by atoms with Crippen LogP contribution in [0.2, 0.25) is 0 Å². The second-order valence-corrected chi connectivity index (χ2v) is 13.3. The Morgan fingerprint density at radius 1 is 0.537 bits per heavy atom. The molecule has 1 N–H and O–H groups in total. The molecule has 0 bridgehead atoms. The number of hydrogen-bond donors (Lipinski definition) is 1. The highest BCUT2D eigenvalue weighted by Gasteiger charge is 2.11. The quantitative estimate of drug-likeness (QED) is 0.111. The average Bonchev–Trinajstić information content (AvgIpc) is 3.23. The molecule has 0 aromatic heterocycles. The van der Waals surface area contributed by atoms with Crippen LogP contribution in [0.1, 0.15) is 18.1 Å². The van der Waals surface area contributed by atoms with Gasteiger partial charge < -0.3 is 5.32 Å². The van der Waals surface area contributed by atoms with E-state index in [2.05, 4.69) is 219 Å². The molecule has 54 heavy (non-hydrogen) atoms. The van der Waals surface area contributed by atoms with Crippen molar-refractivity contribution in [1.82, 2.24) is 0 Å². The first-order chi connectivity index (χ1) is 26.7. The Morgan fingerprint density at radius 2 is 1.11 bits per heavy atom. The molecule has 258 valence electrons. The molecule has 0 atom stereocenters. The molecule has 0 amide bonds. The first-order valence-corrected chi connectivity index (χ1v) is 18.5. The van der Waals surface area contributed by atoms with Crippen molar-refractivity contribution >= 4 is 59.9 Å². The molecule has 0 aliphatic carbocycles. The van der Waals surface area contributed by atoms with Crippen LogP contribution in [0.5, 0.6) is 0 Å². The highest BCUT2D eigenvalue weighted by atomic mass is 14.8. The lowest BCUT2D eigenvalue weighted by Crippen LogP contribution is -1.90. The van der Waals surface area contributed by atoms with Gasteiger partial charge in [-0.2, -0.15) is 0 Å². The van der Waals surface area contributed by atoms with E-state index in [0.717, 1.165) is 22.4 Å². The van der Waals surface area contributed by atoms with Gasteiger partial charge in [-0.05, 0) is 119 Å². The SMILES string of the molecule is C=C/C=C(/C=C\C(=C/C=C/Nc1ccc(-c2cc3ccccc3c3ccccc23)cc1)c1cc2ccccc2c2ccccc12)C(=C/C)\c1ccccc1. The first kappa shape index (κ1) is 34.1. The summed E-state index contributed by atoms with van der Waals surface area (Å²) in [6.45, 7) is 6.13. The third kappa shape index (κ3) is 6.96. The fourth-order valence-corrected chi connectivity index (χ4v) is 7.52. The lowest BCUT2D eigenvalue weighted by molar-refractivity contribution is 1.54. The monoisotopic (exact) mass is 691 g/mol. The molecule has 0 aliphatic rings. The van der Waals surface area contributed by atoms with Gasteiger partial charge in [0.2, 0.25) is 0 Å². The van der Waals surface area contributed by atoms with Crippen LogP contribution in [0.4, 0.5) is 5.69 Å². The highest BCUT2D eigenvalue weighted by molar-refractivity contribution is 6.14. The summed E-state index contributed by atoms with van der Waals surface area (Å²) in [6.07, 6.45) is 16.8. The molecular weight excluding hydrogens is 651 g/mol. The summed E-state index contributed by atoms with van der Waals surface area (Å²) >= 11 is 0. The normalized spacial score (nSPS) is 12.8. The standard InChI is InChI=1S/C53H41N/c1-3-17-38(45(4-2)39-18-6-5-7-19-39)29-30-40(52-36-42-20-8-10-23-46(42)48-25-12-14-27-50(48)52)22-16-35-54-44-33-31-41(32-34-44)53-37-43-21-9-11-24-47(43)49-26-13-15-28-51(49)53/h3-37,54H,1H2,2H3/b30-29-,35-16+,38-17-,40-22+,45-4+. The summed E-state index contributed by atoms with van der Waals surface area (Å²) in [5, 5.41) is 13.5. The zero-order valence-electron chi connectivity index (χ0n) is 30.4. The Bertz CT molecular complexity index is 2790. The van der Waals surface area contributed by atoms with E-state index in [4.69, 9.17) is 0 Å². The van der Waals surface area contributed by atoms with Crippen molar-refractivity contribution in [3.63, 3.8) is 0 Å². The van der Waals surface area contributed by atoms with Gasteiger partial charge in [0.25, 0.3) is 0 Å². The molecule has 8 aromatic rings. The van der Waals surface area contributed by atoms with Gasteiger partial charge in [0, 0.05) is 11.9 Å². The fraction of sp³-hybridized carbons (Fsp3) is 0.0189. The van der Waals surface area contributed by atoms with Crippen LogP contribution in [-0.4, -0.2) is 0 Å². The van der Waals surface area contributed by atoms with Gasteiger partial charge in [-0.1, -0.05) is 183 Å². The van der Waals surface area contributed by atoms with Gasteiger partial charge >= 0.3 is 0 Å². The lowest BCUT2D eigenvalue weighted by atomic mass is 9.91. The van der Waals surface area contributed by atoms with Crippen molar-refractivity contribution in [1.29, 1.82) is 0 Å². The second-order valence-electron chi connectivity index (χ2n) is 13.3. The number of benzene rings is 8. The van der Waals surface area contributed by atoms with Crippen LogP contribution in [-0.2, 0) is 0 Å². The van der Waals surface area contributed by atoms with E-state index in [-0.39, 0.29) is 0 Å². The van der Waals surface area contributed by atoms with Crippen molar-refractivity contribution in [2.75, 3.05) is 5.32 Å². The maximum Gasteiger partial charge on any atom is 0.0380 e. The van der Waals surface area contributed by atoms with Crippen LogP contribution in [0.15, 0.2) is 225 Å². The third-order valence-electron chi connectivity index (χ3n) is 10.1. The summed E-state index contributed by atoms with van der Waals surface area (Å²) in [5.41, 5.74) is 9.17. The van der Waals surface area contributed by atoms with E-state index >= 15 is 0 Å². The van der Waals surface area contributed by atoms with Gasteiger partial charge in [0.15, 0.2) is 0 Å². The smallest absolute Gasteiger partial charge is 0.0380 e. The summed E-state index contributed by atoms with van der Waals surface area (Å²) in [5.74, 6) is 0. The zero-order valence-corrected chi connectivity index (χ0v) is 30.4. The molecule has 0 fully saturated rings. The summed E-state index contributed by atoms with van der Waals surface area (Å²) in [6, 6.07) is 58.5. The Kier molecular flexibility index (Phi) is 9.95. The Labute approximate surface area is 317 Å². The minimum absolute atomic E-state index is 1.03. The zero-order chi connectivity index (χ0) is 36.7. The molecule has 8 rings (SSSR count). The molecule has 0 heterocycles. The maximum absolute atomic E-state index is 4.04. The first-order valence-electron chi connectivity index (χ1n) is 18.5. The molecule has 0 saturated carbocycles. The van der Waals surface area contributed by atoms with Crippen molar-refractivity contribution < 1.29 is 0 Å². The third-order valence-corrected chi connectivity index (χ3v) is 10.1. The number of anilines is 1. The van der Waals surface area contributed by atoms with E-state index in [9.17, 15) is 0 Å². The van der Waals surface area contributed by atoms with Crippen LogP contribution >= 0.6 is 0 Å². The van der Waals surface area contributed by atoms with Crippen molar-refractivity contribution in [2.24, 2.45) is 0 Å². The molecule has 1 heteroatoms. The van der Waals surface area contributed by atoms with E-state index in [1.54, 1.807) is 0 Å².